The van der Waals surface area contributed by atoms with Gasteiger partial charge in [0, 0.05) is 16.5 Å². The van der Waals surface area contributed by atoms with Crippen LogP contribution in [0.1, 0.15) is 22.3 Å². The summed E-state index contributed by atoms with van der Waals surface area (Å²) in [6.45, 7) is 1.76. The largest absolute Gasteiger partial charge is 0.383 e. The van der Waals surface area contributed by atoms with Gasteiger partial charge in [0.05, 0.1) is 6.54 Å². The molecular weight excluding hydrogens is 312 g/mol. The average Bonchev–Trinajstić information content (AvgIpc) is 3.25. The molecule has 0 radical (unpaired) electrons. The SMILES string of the molecule is C[C@](O)(CNC(=O)c1cc(-c2ccccc2)on1)c1cccs1. The minimum Gasteiger partial charge on any atom is -0.383 e. The predicted molar refractivity (Wildman–Crippen MR) is 88.2 cm³/mol. The molecule has 0 unspecified atom stereocenters. The third-order valence-corrected chi connectivity index (χ3v) is 4.57. The Labute approximate surface area is 137 Å². The fraction of sp³-hybridized carbons (Fsp3) is 0.176. The molecule has 3 rings (SSSR count). The summed E-state index contributed by atoms with van der Waals surface area (Å²) in [5, 5.41) is 18.8. The first-order valence-corrected chi connectivity index (χ1v) is 8.01. The Kier molecular flexibility index (Phi) is 4.27. The van der Waals surface area contributed by atoms with Gasteiger partial charge in [-0.2, -0.15) is 0 Å². The molecule has 0 spiro atoms. The minimum atomic E-state index is -1.12. The molecule has 3 aromatic rings. The number of amides is 1. The summed E-state index contributed by atoms with van der Waals surface area (Å²) in [5.74, 6) is 0.147. The Morgan fingerprint density at radius 3 is 2.78 bits per heavy atom. The number of rotatable bonds is 5. The molecule has 23 heavy (non-hydrogen) atoms. The first-order chi connectivity index (χ1) is 11.1. The molecule has 0 fully saturated rings. The molecule has 0 bridgehead atoms. The highest BCUT2D eigenvalue weighted by atomic mass is 32.1. The summed E-state index contributed by atoms with van der Waals surface area (Å²) in [4.78, 5) is 13.0. The predicted octanol–water partition coefficient (Wildman–Crippen LogP) is 3.04. The van der Waals surface area contributed by atoms with Gasteiger partial charge in [0.25, 0.3) is 5.91 Å². The second-order valence-electron chi connectivity index (χ2n) is 5.38. The van der Waals surface area contributed by atoms with Crippen LogP contribution in [0.25, 0.3) is 11.3 Å². The van der Waals surface area contributed by atoms with Gasteiger partial charge < -0.3 is 14.9 Å². The van der Waals surface area contributed by atoms with E-state index in [2.05, 4.69) is 10.5 Å². The number of nitrogens with one attached hydrogen (secondary N) is 1. The third kappa shape index (κ3) is 3.49. The highest BCUT2D eigenvalue weighted by molar-refractivity contribution is 7.10. The maximum atomic E-state index is 12.2. The van der Waals surface area contributed by atoms with Crippen molar-refractivity contribution in [2.24, 2.45) is 0 Å². The molecule has 0 saturated heterocycles. The Balaban J connectivity index is 1.66. The van der Waals surface area contributed by atoms with Crippen molar-refractivity contribution in [3.8, 4) is 11.3 Å². The lowest BCUT2D eigenvalue weighted by atomic mass is 10.1. The van der Waals surface area contributed by atoms with Gasteiger partial charge in [-0.3, -0.25) is 4.79 Å². The number of nitrogens with zero attached hydrogens (tertiary/aromatic N) is 1. The van der Waals surface area contributed by atoms with E-state index in [9.17, 15) is 9.90 Å². The summed E-state index contributed by atoms with van der Waals surface area (Å²) in [6.07, 6.45) is 0. The first-order valence-electron chi connectivity index (χ1n) is 7.13. The number of thiophene rings is 1. The van der Waals surface area contributed by atoms with E-state index in [1.807, 2.05) is 47.8 Å². The van der Waals surface area contributed by atoms with Crippen LogP contribution in [0.4, 0.5) is 0 Å². The molecule has 6 heteroatoms. The van der Waals surface area contributed by atoms with Gasteiger partial charge in [-0.15, -0.1) is 11.3 Å². The summed E-state index contributed by atoms with van der Waals surface area (Å²) in [5.41, 5.74) is -0.0778. The van der Waals surface area contributed by atoms with Crippen molar-refractivity contribution in [2.45, 2.75) is 12.5 Å². The average molecular weight is 328 g/mol. The molecule has 2 N–H and O–H groups in total. The number of aromatic nitrogens is 1. The Hall–Kier alpha value is -2.44. The zero-order valence-electron chi connectivity index (χ0n) is 12.5. The van der Waals surface area contributed by atoms with Gasteiger partial charge in [-0.1, -0.05) is 41.6 Å². The molecule has 1 atom stereocenters. The summed E-state index contributed by atoms with van der Waals surface area (Å²) < 4.78 is 5.20. The van der Waals surface area contributed by atoms with Crippen LogP contribution in [0.5, 0.6) is 0 Å². The second-order valence-corrected chi connectivity index (χ2v) is 6.32. The number of aliphatic hydroxyl groups is 1. The zero-order valence-corrected chi connectivity index (χ0v) is 13.3. The van der Waals surface area contributed by atoms with E-state index in [1.165, 1.54) is 11.3 Å². The number of carbonyl (C=O) groups excluding carboxylic acids is 1. The van der Waals surface area contributed by atoms with Gasteiger partial charge in [-0.25, -0.2) is 0 Å². The van der Waals surface area contributed by atoms with Crippen molar-refractivity contribution >= 4 is 17.2 Å². The standard InChI is InChI=1S/C17H16N2O3S/c1-17(21,15-8-5-9-23-15)11-18-16(20)13-10-14(22-19-13)12-6-3-2-4-7-12/h2-10,21H,11H2,1H3,(H,18,20)/t17-/m0/s1. The van der Waals surface area contributed by atoms with E-state index in [4.69, 9.17) is 4.52 Å². The molecule has 2 heterocycles. The monoisotopic (exact) mass is 328 g/mol. The number of carbonyl (C=O) groups is 1. The van der Waals surface area contributed by atoms with Crippen molar-refractivity contribution in [1.82, 2.24) is 10.5 Å². The Morgan fingerprint density at radius 2 is 2.09 bits per heavy atom. The lowest BCUT2D eigenvalue weighted by Gasteiger charge is -2.21. The molecule has 0 aliphatic rings. The molecule has 0 aliphatic heterocycles. The zero-order chi connectivity index (χ0) is 16.3. The fourth-order valence-electron chi connectivity index (χ4n) is 2.14. The van der Waals surface area contributed by atoms with Gasteiger partial charge in [0.15, 0.2) is 11.5 Å². The molecular formula is C17H16N2O3S. The van der Waals surface area contributed by atoms with Crippen LogP contribution in [0.3, 0.4) is 0 Å². The van der Waals surface area contributed by atoms with Crippen LogP contribution in [0.2, 0.25) is 0 Å². The van der Waals surface area contributed by atoms with Crippen molar-refractivity contribution in [1.29, 1.82) is 0 Å². The van der Waals surface area contributed by atoms with E-state index in [1.54, 1.807) is 13.0 Å². The number of benzene rings is 1. The quantitative estimate of drug-likeness (QED) is 0.755. The highest BCUT2D eigenvalue weighted by Gasteiger charge is 2.25. The lowest BCUT2D eigenvalue weighted by molar-refractivity contribution is 0.0554. The van der Waals surface area contributed by atoms with Crippen LogP contribution < -0.4 is 5.32 Å². The van der Waals surface area contributed by atoms with Crippen molar-refractivity contribution in [2.75, 3.05) is 6.54 Å². The Morgan fingerprint density at radius 1 is 1.30 bits per heavy atom. The minimum absolute atomic E-state index is 0.0971. The molecule has 0 aliphatic carbocycles. The van der Waals surface area contributed by atoms with Crippen molar-refractivity contribution in [3.05, 3.63) is 64.5 Å². The van der Waals surface area contributed by atoms with Gasteiger partial charge in [0.2, 0.25) is 0 Å². The van der Waals surface area contributed by atoms with E-state index in [0.717, 1.165) is 10.4 Å². The summed E-state index contributed by atoms with van der Waals surface area (Å²) in [6, 6.07) is 14.7. The maximum absolute atomic E-state index is 12.2. The third-order valence-electron chi connectivity index (χ3n) is 3.45. The highest BCUT2D eigenvalue weighted by Crippen LogP contribution is 2.24. The van der Waals surface area contributed by atoms with Gasteiger partial charge >= 0.3 is 0 Å². The van der Waals surface area contributed by atoms with E-state index in [-0.39, 0.29) is 18.1 Å². The van der Waals surface area contributed by atoms with Crippen LogP contribution >= 0.6 is 11.3 Å². The summed E-state index contributed by atoms with van der Waals surface area (Å²) in [7, 11) is 0. The topological polar surface area (TPSA) is 75.4 Å². The molecule has 2 aromatic heterocycles. The smallest absolute Gasteiger partial charge is 0.273 e. The first kappa shape index (κ1) is 15.5. The molecule has 0 saturated carbocycles. The van der Waals surface area contributed by atoms with E-state index >= 15 is 0 Å². The van der Waals surface area contributed by atoms with Crippen molar-refractivity contribution < 1.29 is 14.4 Å². The normalized spacial score (nSPS) is 13.5. The van der Waals surface area contributed by atoms with Crippen LogP contribution in [-0.2, 0) is 5.60 Å². The molecule has 5 nitrogen and oxygen atoms in total. The molecule has 1 aromatic carbocycles. The van der Waals surface area contributed by atoms with Crippen LogP contribution in [0, 0.1) is 0 Å². The number of hydrogen-bond acceptors (Lipinski definition) is 5. The maximum Gasteiger partial charge on any atom is 0.273 e. The van der Waals surface area contributed by atoms with Gasteiger partial charge in [-0.05, 0) is 18.4 Å². The number of hydrogen-bond donors (Lipinski definition) is 2. The van der Waals surface area contributed by atoms with E-state index < -0.39 is 5.60 Å². The van der Waals surface area contributed by atoms with Crippen LogP contribution in [-0.4, -0.2) is 22.7 Å². The second kappa shape index (κ2) is 6.36. The van der Waals surface area contributed by atoms with Crippen LogP contribution in [0.15, 0.2) is 58.4 Å². The van der Waals surface area contributed by atoms with Crippen molar-refractivity contribution in [3.63, 3.8) is 0 Å². The molecule has 1 amide bonds. The summed E-state index contributed by atoms with van der Waals surface area (Å²) >= 11 is 1.44. The van der Waals surface area contributed by atoms with Gasteiger partial charge in [0.1, 0.15) is 5.60 Å². The lowest BCUT2D eigenvalue weighted by Crippen LogP contribution is -2.38. The Bertz CT molecular complexity index is 779. The van der Waals surface area contributed by atoms with E-state index in [0.29, 0.717) is 5.76 Å². The molecule has 118 valence electrons. The fourth-order valence-corrected chi connectivity index (χ4v) is 2.92.